The normalized spacial score (nSPS) is 15.7. The average Bonchev–Trinajstić information content (AvgIpc) is 3.04. The summed E-state index contributed by atoms with van der Waals surface area (Å²) in [5.41, 5.74) is 2.39. The summed E-state index contributed by atoms with van der Waals surface area (Å²) in [4.78, 5) is 29.5. The molecule has 3 aromatic rings. The molecule has 1 aliphatic carbocycles. The molecule has 0 fully saturated rings. The fourth-order valence-electron chi connectivity index (χ4n) is 3.52. The van der Waals surface area contributed by atoms with Gasteiger partial charge in [-0.2, -0.15) is 0 Å². The Balaban J connectivity index is 1.78. The van der Waals surface area contributed by atoms with Crippen molar-refractivity contribution in [2.24, 2.45) is 0 Å². The second-order valence-electron chi connectivity index (χ2n) is 6.14. The van der Waals surface area contributed by atoms with Crippen LogP contribution in [0.5, 0.6) is 5.75 Å². The van der Waals surface area contributed by atoms with Gasteiger partial charge >= 0.3 is 0 Å². The molecule has 0 saturated carbocycles. The minimum absolute atomic E-state index is 0.0711. The van der Waals surface area contributed by atoms with E-state index in [1.165, 1.54) is 12.4 Å². The van der Waals surface area contributed by atoms with Crippen LogP contribution in [-0.2, 0) is 6.42 Å². The smallest absolute Gasteiger partial charge is 0.293 e. The number of methoxy groups -OCH3 is 1. The number of anilines is 1. The van der Waals surface area contributed by atoms with Gasteiger partial charge in [0.25, 0.3) is 11.2 Å². The van der Waals surface area contributed by atoms with E-state index in [0.29, 0.717) is 11.2 Å². The Morgan fingerprint density at radius 3 is 3.00 bits per heavy atom. The first-order valence-electron chi connectivity index (χ1n) is 8.16. The van der Waals surface area contributed by atoms with Crippen LogP contribution < -0.4 is 15.6 Å². The third-order valence-corrected chi connectivity index (χ3v) is 4.73. The van der Waals surface area contributed by atoms with E-state index in [1.54, 1.807) is 13.2 Å². The second kappa shape index (κ2) is 6.14. The molecule has 2 N–H and O–H groups in total. The molecule has 26 heavy (non-hydrogen) atoms. The topological polar surface area (TPSA) is 110 Å². The lowest BCUT2D eigenvalue weighted by Gasteiger charge is -2.16. The number of H-pyrrole nitrogens is 1. The highest BCUT2D eigenvalue weighted by molar-refractivity contribution is 5.86. The maximum Gasteiger partial charge on any atom is 0.293 e. The summed E-state index contributed by atoms with van der Waals surface area (Å²) in [5, 5.41) is 15.0. The predicted octanol–water partition coefficient (Wildman–Crippen LogP) is 2.94. The minimum atomic E-state index is -0.490. The van der Waals surface area contributed by atoms with E-state index in [1.807, 2.05) is 18.2 Å². The summed E-state index contributed by atoms with van der Waals surface area (Å²) in [6, 6.07) is 8.58. The molecular formula is C18H16N4O4. The molecule has 132 valence electrons. The molecule has 1 aliphatic rings. The Morgan fingerprint density at radius 2 is 2.23 bits per heavy atom. The molecule has 8 heteroatoms. The zero-order valence-electron chi connectivity index (χ0n) is 14.0. The van der Waals surface area contributed by atoms with E-state index >= 15 is 0 Å². The van der Waals surface area contributed by atoms with Crippen LogP contribution in [-0.4, -0.2) is 22.0 Å². The van der Waals surface area contributed by atoms with Crippen LogP contribution in [0.25, 0.3) is 10.9 Å². The van der Waals surface area contributed by atoms with Crippen LogP contribution in [0.15, 0.2) is 41.5 Å². The summed E-state index contributed by atoms with van der Waals surface area (Å²) < 4.78 is 5.40. The number of benzene rings is 2. The largest absolute Gasteiger partial charge is 0.496 e. The van der Waals surface area contributed by atoms with Crippen molar-refractivity contribution in [1.82, 2.24) is 9.97 Å². The van der Waals surface area contributed by atoms with Gasteiger partial charge in [-0.3, -0.25) is 14.9 Å². The average molecular weight is 352 g/mol. The number of hydrogen-bond acceptors (Lipinski definition) is 6. The second-order valence-corrected chi connectivity index (χ2v) is 6.14. The molecular weight excluding hydrogens is 336 g/mol. The van der Waals surface area contributed by atoms with Gasteiger partial charge in [0.1, 0.15) is 11.4 Å². The molecule has 1 heterocycles. The first kappa shape index (κ1) is 16.1. The van der Waals surface area contributed by atoms with Crippen LogP contribution >= 0.6 is 0 Å². The van der Waals surface area contributed by atoms with E-state index in [9.17, 15) is 14.9 Å². The van der Waals surface area contributed by atoms with Gasteiger partial charge in [0.05, 0.1) is 35.3 Å². The van der Waals surface area contributed by atoms with Crippen molar-refractivity contribution in [3.63, 3.8) is 0 Å². The van der Waals surface area contributed by atoms with Gasteiger partial charge in [0.15, 0.2) is 0 Å². The molecule has 0 bridgehead atoms. The third kappa shape index (κ3) is 2.55. The summed E-state index contributed by atoms with van der Waals surface area (Å²) in [7, 11) is 1.63. The molecule has 1 aromatic heterocycles. The van der Waals surface area contributed by atoms with Gasteiger partial charge in [0, 0.05) is 6.07 Å². The Bertz CT molecular complexity index is 1080. The fraction of sp³-hybridized carbons (Fsp3) is 0.222. The Morgan fingerprint density at radius 1 is 1.38 bits per heavy atom. The number of hydrogen-bond donors (Lipinski definition) is 2. The van der Waals surface area contributed by atoms with Gasteiger partial charge in [-0.1, -0.05) is 12.1 Å². The lowest BCUT2D eigenvalue weighted by Crippen LogP contribution is -2.11. The van der Waals surface area contributed by atoms with E-state index in [0.717, 1.165) is 29.7 Å². The highest BCUT2D eigenvalue weighted by atomic mass is 16.6. The standard InChI is InChI=1S/C18H16N4O4/c1-26-17-4-2-3-10-11(17)5-6-13(10)21-15-8-14-12(7-16(15)22(24)25)18(23)20-9-19-14/h2-4,7-9,13,21H,5-6H2,1H3,(H,19,20,23). The van der Waals surface area contributed by atoms with Gasteiger partial charge < -0.3 is 15.0 Å². The number of ether oxygens (including phenoxy) is 1. The minimum Gasteiger partial charge on any atom is -0.496 e. The molecule has 0 saturated heterocycles. The van der Waals surface area contributed by atoms with Crippen molar-refractivity contribution in [2.75, 3.05) is 12.4 Å². The molecule has 0 amide bonds. The zero-order chi connectivity index (χ0) is 18.3. The SMILES string of the molecule is COc1cccc2c1CCC2Nc1cc2nc[nH]c(=O)c2cc1[N+](=O)[O-]. The number of nitrogens with one attached hydrogen (secondary N) is 2. The molecule has 0 aliphatic heterocycles. The number of nitrogens with zero attached hydrogens (tertiary/aromatic N) is 2. The van der Waals surface area contributed by atoms with Crippen LogP contribution in [0, 0.1) is 10.1 Å². The van der Waals surface area contributed by atoms with Crippen LogP contribution in [0.2, 0.25) is 0 Å². The molecule has 1 atom stereocenters. The maximum atomic E-state index is 11.9. The molecule has 1 unspecified atom stereocenters. The fourth-order valence-corrected chi connectivity index (χ4v) is 3.52. The van der Waals surface area contributed by atoms with Gasteiger partial charge in [0.2, 0.25) is 0 Å². The van der Waals surface area contributed by atoms with Gasteiger partial charge in [-0.15, -0.1) is 0 Å². The molecule has 0 radical (unpaired) electrons. The molecule has 4 rings (SSSR count). The summed E-state index contributed by atoms with van der Waals surface area (Å²) in [6.45, 7) is 0. The first-order valence-corrected chi connectivity index (χ1v) is 8.16. The van der Waals surface area contributed by atoms with E-state index in [2.05, 4.69) is 15.3 Å². The number of rotatable bonds is 4. The third-order valence-electron chi connectivity index (χ3n) is 4.73. The number of nitro benzene ring substituents is 1. The van der Waals surface area contributed by atoms with E-state index in [4.69, 9.17) is 4.74 Å². The molecule has 2 aromatic carbocycles. The van der Waals surface area contributed by atoms with Crippen LogP contribution in [0.4, 0.5) is 11.4 Å². The maximum absolute atomic E-state index is 11.9. The lowest BCUT2D eigenvalue weighted by molar-refractivity contribution is -0.383. The molecule has 8 nitrogen and oxygen atoms in total. The van der Waals surface area contributed by atoms with Crippen molar-refractivity contribution in [2.45, 2.75) is 18.9 Å². The highest BCUT2D eigenvalue weighted by Crippen LogP contribution is 2.40. The van der Waals surface area contributed by atoms with Gasteiger partial charge in [-0.25, -0.2) is 4.98 Å². The lowest BCUT2D eigenvalue weighted by atomic mass is 10.1. The first-order chi connectivity index (χ1) is 12.6. The number of fused-ring (bicyclic) bond motifs is 2. The Labute approximate surface area is 148 Å². The van der Waals surface area contributed by atoms with Crippen molar-refractivity contribution in [3.05, 3.63) is 68.3 Å². The monoisotopic (exact) mass is 352 g/mol. The number of aromatic nitrogens is 2. The molecule has 0 spiro atoms. The Kier molecular flexibility index (Phi) is 3.80. The van der Waals surface area contributed by atoms with Crippen molar-refractivity contribution in [3.8, 4) is 5.75 Å². The zero-order valence-corrected chi connectivity index (χ0v) is 14.0. The quantitative estimate of drug-likeness (QED) is 0.552. The Hall–Kier alpha value is -3.42. The summed E-state index contributed by atoms with van der Waals surface area (Å²) in [6.07, 6.45) is 2.92. The van der Waals surface area contributed by atoms with Crippen LogP contribution in [0.1, 0.15) is 23.6 Å². The van der Waals surface area contributed by atoms with Gasteiger partial charge in [-0.05, 0) is 36.1 Å². The van der Waals surface area contributed by atoms with E-state index in [-0.39, 0.29) is 17.1 Å². The number of nitro groups is 1. The van der Waals surface area contributed by atoms with Crippen molar-refractivity contribution >= 4 is 22.3 Å². The van der Waals surface area contributed by atoms with Crippen LogP contribution in [0.3, 0.4) is 0 Å². The highest BCUT2D eigenvalue weighted by Gasteiger charge is 2.27. The number of aromatic amines is 1. The van der Waals surface area contributed by atoms with E-state index < -0.39 is 10.5 Å². The van der Waals surface area contributed by atoms with Crippen molar-refractivity contribution in [1.29, 1.82) is 0 Å². The predicted molar refractivity (Wildman–Crippen MR) is 96.7 cm³/mol. The van der Waals surface area contributed by atoms with Crippen molar-refractivity contribution < 1.29 is 9.66 Å². The summed E-state index contributed by atoms with van der Waals surface area (Å²) >= 11 is 0. The summed E-state index contributed by atoms with van der Waals surface area (Å²) in [5.74, 6) is 0.827.